The molecule has 2 aliphatic rings. The van der Waals surface area contributed by atoms with Crippen molar-refractivity contribution in [1.82, 2.24) is 15.0 Å². The fourth-order valence-electron chi connectivity index (χ4n) is 4.03. The molecule has 6 nitrogen and oxygen atoms in total. The van der Waals surface area contributed by atoms with E-state index in [0.29, 0.717) is 28.9 Å². The number of rotatable bonds is 6. The van der Waals surface area contributed by atoms with E-state index in [9.17, 15) is 0 Å². The van der Waals surface area contributed by atoms with E-state index in [1.54, 1.807) is 0 Å². The zero-order valence-electron chi connectivity index (χ0n) is 16.9. The second kappa shape index (κ2) is 9.85. The molecule has 8 heteroatoms. The zero-order valence-corrected chi connectivity index (χ0v) is 18.5. The van der Waals surface area contributed by atoms with Crippen molar-refractivity contribution in [3.8, 4) is 0 Å². The quantitative estimate of drug-likeness (QED) is 0.649. The van der Waals surface area contributed by atoms with Crippen molar-refractivity contribution in [2.24, 2.45) is 5.92 Å². The second-order valence-electron chi connectivity index (χ2n) is 7.82. The van der Waals surface area contributed by atoms with Gasteiger partial charge in [0, 0.05) is 30.6 Å². The van der Waals surface area contributed by atoms with Crippen LogP contribution in [0.25, 0.3) is 0 Å². The van der Waals surface area contributed by atoms with E-state index >= 15 is 0 Å². The molecule has 1 aromatic carbocycles. The van der Waals surface area contributed by atoms with E-state index in [1.807, 2.05) is 36.0 Å². The first-order valence-corrected chi connectivity index (χ1v) is 12.1. The van der Waals surface area contributed by atoms with Crippen molar-refractivity contribution < 1.29 is 0 Å². The van der Waals surface area contributed by atoms with Gasteiger partial charge in [-0.25, -0.2) is 0 Å². The molecule has 2 heterocycles. The molecule has 0 amide bonds. The van der Waals surface area contributed by atoms with Crippen LogP contribution in [0.2, 0.25) is 5.02 Å². The van der Waals surface area contributed by atoms with Crippen molar-refractivity contribution in [3.63, 3.8) is 0 Å². The SMILES string of the molecule is C[C@H](Nc1nc(Nc2ccccc2Cl)nc(N2CCSCC2)n1)C1CCCCC1. The molecule has 1 saturated carbocycles. The minimum absolute atomic E-state index is 0.343. The Morgan fingerprint density at radius 3 is 2.52 bits per heavy atom. The summed E-state index contributed by atoms with van der Waals surface area (Å²) in [6.07, 6.45) is 6.56. The molecule has 4 rings (SSSR count). The van der Waals surface area contributed by atoms with Crippen LogP contribution in [0.5, 0.6) is 0 Å². The lowest BCUT2D eigenvalue weighted by Gasteiger charge is -2.29. The smallest absolute Gasteiger partial charge is 0.233 e. The second-order valence-corrected chi connectivity index (χ2v) is 9.45. The summed E-state index contributed by atoms with van der Waals surface area (Å²) in [6.45, 7) is 4.16. The molecular weight excluding hydrogens is 404 g/mol. The molecule has 0 bridgehead atoms. The highest BCUT2D eigenvalue weighted by atomic mass is 35.5. The number of nitrogens with one attached hydrogen (secondary N) is 2. The fourth-order valence-corrected chi connectivity index (χ4v) is 5.11. The fraction of sp³-hybridized carbons (Fsp3) is 0.571. The molecule has 1 aliphatic heterocycles. The Labute approximate surface area is 182 Å². The van der Waals surface area contributed by atoms with Gasteiger partial charge in [-0.15, -0.1) is 0 Å². The van der Waals surface area contributed by atoms with Gasteiger partial charge in [0.15, 0.2) is 0 Å². The number of anilines is 4. The summed E-state index contributed by atoms with van der Waals surface area (Å²) in [4.78, 5) is 16.4. The Balaban J connectivity index is 1.57. The van der Waals surface area contributed by atoms with Crippen LogP contribution in [-0.4, -0.2) is 45.6 Å². The third-order valence-corrected chi connectivity index (χ3v) is 7.02. The molecule has 0 spiro atoms. The van der Waals surface area contributed by atoms with Gasteiger partial charge in [-0.2, -0.15) is 26.7 Å². The predicted octanol–water partition coefficient (Wildman–Crippen LogP) is 5.20. The molecule has 0 unspecified atom stereocenters. The number of para-hydroxylation sites is 1. The first-order chi connectivity index (χ1) is 14.2. The van der Waals surface area contributed by atoms with Crippen LogP contribution in [0.3, 0.4) is 0 Å². The minimum Gasteiger partial charge on any atom is -0.351 e. The zero-order chi connectivity index (χ0) is 20.1. The molecule has 156 valence electrons. The first kappa shape index (κ1) is 20.5. The minimum atomic E-state index is 0.343. The maximum atomic E-state index is 6.33. The molecule has 1 aromatic heterocycles. The third-order valence-electron chi connectivity index (χ3n) is 5.75. The first-order valence-electron chi connectivity index (χ1n) is 10.6. The van der Waals surface area contributed by atoms with Gasteiger partial charge in [0.25, 0.3) is 0 Å². The summed E-state index contributed by atoms with van der Waals surface area (Å²) in [5.74, 6) is 4.77. The number of aromatic nitrogens is 3. The summed E-state index contributed by atoms with van der Waals surface area (Å²) in [7, 11) is 0. The topological polar surface area (TPSA) is 66.0 Å². The molecule has 2 N–H and O–H groups in total. The van der Waals surface area contributed by atoms with Crippen molar-refractivity contribution >= 4 is 46.9 Å². The van der Waals surface area contributed by atoms with Gasteiger partial charge in [-0.1, -0.05) is 43.0 Å². The van der Waals surface area contributed by atoms with Crippen LogP contribution in [0.4, 0.5) is 23.5 Å². The van der Waals surface area contributed by atoms with E-state index in [4.69, 9.17) is 21.6 Å². The summed E-state index contributed by atoms with van der Waals surface area (Å²) >= 11 is 8.30. The van der Waals surface area contributed by atoms with Gasteiger partial charge in [-0.05, 0) is 37.8 Å². The molecule has 2 fully saturated rings. The van der Waals surface area contributed by atoms with Crippen LogP contribution in [0.1, 0.15) is 39.0 Å². The van der Waals surface area contributed by atoms with Crippen LogP contribution in [-0.2, 0) is 0 Å². The number of hydrogen-bond acceptors (Lipinski definition) is 7. The predicted molar refractivity (Wildman–Crippen MR) is 124 cm³/mol. The van der Waals surface area contributed by atoms with Crippen molar-refractivity contribution in [3.05, 3.63) is 29.3 Å². The van der Waals surface area contributed by atoms with E-state index < -0.39 is 0 Å². The maximum absolute atomic E-state index is 6.33. The molecule has 29 heavy (non-hydrogen) atoms. The molecule has 2 aromatic rings. The van der Waals surface area contributed by atoms with Crippen molar-refractivity contribution in [2.45, 2.75) is 45.1 Å². The highest BCUT2D eigenvalue weighted by Gasteiger charge is 2.22. The molecular formula is C21H29ClN6S. The average Bonchev–Trinajstić information content (AvgIpc) is 2.76. The Morgan fingerprint density at radius 2 is 1.76 bits per heavy atom. The third kappa shape index (κ3) is 5.45. The lowest BCUT2D eigenvalue weighted by molar-refractivity contribution is 0.327. The summed E-state index contributed by atoms with van der Waals surface area (Å²) in [5, 5.41) is 7.49. The maximum Gasteiger partial charge on any atom is 0.233 e. The molecule has 1 aliphatic carbocycles. The Kier molecular flexibility index (Phi) is 6.98. The summed E-state index contributed by atoms with van der Waals surface area (Å²) in [6, 6.07) is 7.99. The van der Waals surface area contributed by atoms with Gasteiger partial charge < -0.3 is 15.5 Å². The monoisotopic (exact) mass is 432 g/mol. The van der Waals surface area contributed by atoms with E-state index in [-0.39, 0.29) is 0 Å². The number of benzene rings is 1. The van der Waals surface area contributed by atoms with Crippen molar-refractivity contribution in [2.75, 3.05) is 40.1 Å². The lowest BCUT2D eigenvalue weighted by Crippen LogP contribution is -2.35. The largest absolute Gasteiger partial charge is 0.351 e. The van der Waals surface area contributed by atoms with Gasteiger partial charge in [0.1, 0.15) is 0 Å². The van der Waals surface area contributed by atoms with Gasteiger partial charge in [-0.3, -0.25) is 0 Å². The van der Waals surface area contributed by atoms with Crippen LogP contribution in [0, 0.1) is 5.92 Å². The highest BCUT2D eigenvalue weighted by molar-refractivity contribution is 7.99. The van der Waals surface area contributed by atoms with E-state index in [2.05, 4.69) is 27.4 Å². The normalized spacial score (nSPS) is 19.0. The van der Waals surface area contributed by atoms with Gasteiger partial charge in [0.2, 0.25) is 17.8 Å². The highest BCUT2D eigenvalue weighted by Crippen LogP contribution is 2.29. The van der Waals surface area contributed by atoms with Gasteiger partial charge >= 0.3 is 0 Å². The van der Waals surface area contributed by atoms with E-state index in [1.165, 1.54) is 32.1 Å². The number of thioether (sulfide) groups is 1. The van der Waals surface area contributed by atoms with E-state index in [0.717, 1.165) is 36.2 Å². The van der Waals surface area contributed by atoms with Crippen molar-refractivity contribution in [1.29, 1.82) is 0 Å². The van der Waals surface area contributed by atoms with Crippen LogP contribution >= 0.6 is 23.4 Å². The number of nitrogens with zero attached hydrogens (tertiary/aromatic N) is 4. The lowest BCUT2D eigenvalue weighted by atomic mass is 9.85. The molecule has 0 radical (unpaired) electrons. The average molecular weight is 433 g/mol. The Bertz CT molecular complexity index is 808. The number of hydrogen-bond donors (Lipinski definition) is 2. The Hall–Kier alpha value is -1.73. The van der Waals surface area contributed by atoms with Crippen LogP contribution < -0.4 is 15.5 Å². The molecule has 1 atom stereocenters. The van der Waals surface area contributed by atoms with Gasteiger partial charge in [0.05, 0.1) is 10.7 Å². The number of halogens is 1. The standard InChI is InChI=1S/C21H29ClN6S/c1-15(16-7-3-2-4-8-16)23-19-25-20(24-18-10-6-5-9-17(18)22)27-21(26-19)28-11-13-29-14-12-28/h5-6,9-10,15-16H,2-4,7-8,11-14H2,1H3,(H2,23,24,25,26,27)/t15-/m0/s1. The molecule has 1 saturated heterocycles. The Morgan fingerprint density at radius 1 is 1.03 bits per heavy atom. The summed E-state index contributed by atoms with van der Waals surface area (Å²) < 4.78 is 0. The summed E-state index contributed by atoms with van der Waals surface area (Å²) in [5.41, 5.74) is 0.798. The van der Waals surface area contributed by atoms with Crippen LogP contribution in [0.15, 0.2) is 24.3 Å².